The molecule has 2 rings (SSSR count). The topological polar surface area (TPSA) is 52.9 Å². The molecule has 0 heterocycles. The second-order valence-electron chi connectivity index (χ2n) is 4.16. The quantitative estimate of drug-likeness (QED) is 0.855. The Morgan fingerprint density at radius 2 is 1.95 bits per heavy atom. The number of unbranched alkanes of at least 4 members (excludes halogenated alkanes) is 1. The maximum absolute atomic E-state index is 13.6. The number of carbonyl (C=O) groups excluding carboxylic acids is 1. The van der Waals surface area contributed by atoms with Gasteiger partial charge in [0.2, 0.25) is 0 Å². The van der Waals surface area contributed by atoms with E-state index in [4.69, 9.17) is 5.26 Å². The van der Waals surface area contributed by atoms with E-state index in [2.05, 4.69) is 5.32 Å². The van der Waals surface area contributed by atoms with Crippen LogP contribution >= 0.6 is 0 Å². The van der Waals surface area contributed by atoms with Crippen LogP contribution in [-0.2, 0) is 0 Å². The summed E-state index contributed by atoms with van der Waals surface area (Å²) in [7, 11) is 0. The molecule has 0 radical (unpaired) electrons. The molecule has 0 aliphatic carbocycles. The van der Waals surface area contributed by atoms with Crippen LogP contribution in [0.3, 0.4) is 0 Å². The van der Waals surface area contributed by atoms with Crippen molar-refractivity contribution in [2.24, 2.45) is 0 Å². The first-order valence-corrected chi connectivity index (χ1v) is 6.06. The highest BCUT2D eigenvalue weighted by molar-refractivity contribution is 6.07. The Kier molecular flexibility index (Phi) is 4.09. The molecule has 0 unspecified atom stereocenters. The van der Waals surface area contributed by atoms with Crippen LogP contribution in [0.1, 0.15) is 23.2 Å². The molecule has 1 N–H and O–H groups in total. The first kappa shape index (κ1) is 13.0. The highest BCUT2D eigenvalue weighted by atomic mass is 19.1. The van der Waals surface area contributed by atoms with Gasteiger partial charge < -0.3 is 5.32 Å². The Morgan fingerprint density at radius 1 is 1.21 bits per heavy atom. The molecule has 0 saturated heterocycles. The number of benzene rings is 2. The molecule has 0 atom stereocenters. The molecule has 0 aliphatic rings. The number of rotatable bonds is 4. The zero-order chi connectivity index (χ0) is 13.7. The van der Waals surface area contributed by atoms with E-state index in [0.29, 0.717) is 35.7 Å². The average molecular weight is 256 g/mol. The molecule has 96 valence electrons. The summed E-state index contributed by atoms with van der Waals surface area (Å²) in [6, 6.07) is 11.7. The largest absolute Gasteiger partial charge is 0.352 e. The monoisotopic (exact) mass is 256 g/mol. The SMILES string of the molecule is N#CCCCNC(=O)c1ccc(F)c2ccccc12. The van der Waals surface area contributed by atoms with Crippen molar-refractivity contribution in [1.29, 1.82) is 5.26 Å². The number of amides is 1. The standard InChI is InChI=1S/C15H13FN2O/c16-14-8-7-13(11-5-1-2-6-12(11)14)15(19)18-10-4-3-9-17/h1-2,5-8H,3-4,10H2,(H,18,19). The third kappa shape index (κ3) is 2.89. The van der Waals surface area contributed by atoms with Crippen molar-refractivity contribution in [1.82, 2.24) is 5.32 Å². The lowest BCUT2D eigenvalue weighted by Crippen LogP contribution is -2.24. The van der Waals surface area contributed by atoms with Gasteiger partial charge >= 0.3 is 0 Å². The van der Waals surface area contributed by atoms with Crippen LogP contribution in [-0.4, -0.2) is 12.5 Å². The number of hydrogen-bond donors (Lipinski definition) is 1. The summed E-state index contributed by atoms with van der Waals surface area (Å²) in [6.45, 7) is 0.443. The summed E-state index contributed by atoms with van der Waals surface area (Å²) < 4.78 is 13.6. The van der Waals surface area contributed by atoms with Gasteiger partial charge in [0, 0.05) is 23.9 Å². The molecule has 0 spiro atoms. The molecular formula is C15H13FN2O. The number of nitrogens with one attached hydrogen (secondary N) is 1. The van der Waals surface area contributed by atoms with Gasteiger partial charge in [0.05, 0.1) is 6.07 Å². The van der Waals surface area contributed by atoms with Gasteiger partial charge in [-0.2, -0.15) is 5.26 Å². The number of carbonyl (C=O) groups is 1. The maximum atomic E-state index is 13.6. The number of halogens is 1. The minimum absolute atomic E-state index is 0.242. The molecule has 4 heteroatoms. The van der Waals surface area contributed by atoms with Gasteiger partial charge in [-0.3, -0.25) is 4.79 Å². The van der Waals surface area contributed by atoms with Crippen LogP contribution in [0.4, 0.5) is 4.39 Å². The predicted octanol–water partition coefficient (Wildman–Crippen LogP) is 3.01. The van der Waals surface area contributed by atoms with Crippen LogP contribution in [0, 0.1) is 17.1 Å². The lowest BCUT2D eigenvalue weighted by molar-refractivity contribution is 0.0955. The predicted molar refractivity (Wildman–Crippen MR) is 71.1 cm³/mol. The lowest BCUT2D eigenvalue weighted by atomic mass is 10.0. The third-order valence-corrected chi connectivity index (χ3v) is 2.87. The van der Waals surface area contributed by atoms with Gasteiger partial charge in [-0.25, -0.2) is 4.39 Å². The second-order valence-corrected chi connectivity index (χ2v) is 4.16. The normalized spacial score (nSPS) is 10.1. The number of nitriles is 1. The van der Waals surface area contributed by atoms with Crippen LogP contribution in [0.25, 0.3) is 10.8 Å². The Hall–Kier alpha value is -2.41. The molecule has 3 nitrogen and oxygen atoms in total. The van der Waals surface area contributed by atoms with Crippen LogP contribution in [0.15, 0.2) is 36.4 Å². The van der Waals surface area contributed by atoms with Crippen LogP contribution in [0.5, 0.6) is 0 Å². The van der Waals surface area contributed by atoms with Crippen molar-refractivity contribution < 1.29 is 9.18 Å². The summed E-state index contributed by atoms with van der Waals surface area (Å²) in [5, 5.41) is 12.2. The van der Waals surface area contributed by atoms with Gasteiger partial charge in [-0.05, 0) is 23.9 Å². The molecule has 0 bridgehead atoms. The Balaban J connectivity index is 2.23. The van der Waals surface area contributed by atoms with Crippen molar-refractivity contribution in [3.05, 3.63) is 47.8 Å². The molecule has 2 aromatic rings. The summed E-state index contributed by atoms with van der Waals surface area (Å²) in [6.07, 6.45) is 1.02. The maximum Gasteiger partial charge on any atom is 0.251 e. The lowest BCUT2D eigenvalue weighted by Gasteiger charge is -2.08. The highest BCUT2D eigenvalue weighted by Gasteiger charge is 2.11. The molecule has 0 aliphatic heterocycles. The fraction of sp³-hybridized carbons (Fsp3) is 0.200. The van der Waals surface area contributed by atoms with Gasteiger partial charge in [0.15, 0.2) is 0 Å². The van der Waals surface area contributed by atoms with Gasteiger partial charge in [-0.15, -0.1) is 0 Å². The van der Waals surface area contributed by atoms with E-state index in [1.54, 1.807) is 24.3 Å². The molecule has 0 aromatic heterocycles. The van der Waals surface area contributed by atoms with E-state index in [9.17, 15) is 9.18 Å². The highest BCUT2D eigenvalue weighted by Crippen LogP contribution is 2.21. The number of fused-ring (bicyclic) bond motifs is 1. The van der Waals surface area contributed by atoms with E-state index in [1.807, 2.05) is 6.07 Å². The average Bonchev–Trinajstić information content (AvgIpc) is 2.44. The molecule has 0 saturated carbocycles. The summed E-state index contributed by atoms with van der Waals surface area (Å²) in [5.74, 6) is -0.578. The van der Waals surface area contributed by atoms with Crippen LogP contribution in [0.2, 0.25) is 0 Å². The van der Waals surface area contributed by atoms with Crippen molar-refractivity contribution in [2.75, 3.05) is 6.54 Å². The van der Waals surface area contributed by atoms with E-state index in [1.165, 1.54) is 12.1 Å². The zero-order valence-electron chi connectivity index (χ0n) is 10.3. The Labute approximate surface area is 110 Å². The van der Waals surface area contributed by atoms with Gasteiger partial charge in [0.1, 0.15) is 5.82 Å². The fourth-order valence-corrected chi connectivity index (χ4v) is 1.92. The van der Waals surface area contributed by atoms with Gasteiger partial charge in [-0.1, -0.05) is 24.3 Å². The first-order valence-electron chi connectivity index (χ1n) is 6.06. The molecule has 2 aromatic carbocycles. The number of nitrogens with zero attached hydrogens (tertiary/aromatic N) is 1. The van der Waals surface area contributed by atoms with Gasteiger partial charge in [0.25, 0.3) is 5.91 Å². The summed E-state index contributed by atoms with van der Waals surface area (Å²) >= 11 is 0. The minimum Gasteiger partial charge on any atom is -0.352 e. The molecular weight excluding hydrogens is 243 g/mol. The minimum atomic E-state index is -0.336. The van der Waals surface area contributed by atoms with E-state index < -0.39 is 0 Å². The molecule has 1 amide bonds. The molecule has 0 fully saturated rings. The zero-order valence-corrected chi connectivity index (χ0v) is 10.3. The summed E-state index contributed by atoms with van der Waals surface area (Å²) in [4.78, 5) is 12.0. The van der Waals surface area contributed by atoms with Crippen molar-refractivity contribution in [3.8, 4) is 6.07 Å². The summed E-state index contributed by atoms with van der Waals surface area (Å²) in [5.41, 5.74) is 0.453. The molecule has 19 heavy (non-hydrogen) atoms. The smallest absolute Gasteiger partial charge is 0.251 e. The van der Waals surface area contributed by atoms with Crippen molar-refractivity contribution >= 4 is 16.7 Å². The fourth-order valence-electron chi connectivity index (χ4n) is 1.92. The van der Waals surface area contributed by atoms with E-state index in [0.717, 1.165) is 0 Å². The van der Waals surface area contributed by atoms with Crippen molar-refractivity contribution in [3.63, 3.8) is 0 Å². The first-order chi connectivity index (χ1) is 9.24. The van der Waals surface area contributed by atoms with E-state index >= 15 is 0 Å². The number of hydrogen-bond acceptors (Lipinski definition) is 2. The Morgan fingerprint density at radius 3 is 2.68 bits per heavy atom. The van der Waals surface area contributed by atoms with Crippen LogP contribution < -0.4 is 5.32 Å². The van der Waals surface area contributed by atoms with Crippen molar-refractivity contribution in [2.45, 2.75) is 12.8 Å². The Bertz CT molecular complexity index is 646. The third-order valence-electron chi connectivity index (χ3n) is 2.87. The van der Waals surface area contributed by atoms with E-state index in [-0.39, 0.29) is 11.7 Å². The second kappa shape index (κ2) is 5.96.